The average Bonchev–Trinajstić information content (AvgIpc) is 2.72. The number of likely N-dealkylation sites (N-methyl/N-ethyl adjacent to an activating group) is 1. The number of hydrogen-bond acceptors (Lipinski definition) is 6. The lowest BCUT2D eigenvalue weighted by atomic mass is 10.1. The first-order chi connectivity index (χ1) is 14.3. The maximum atomic E-state index is 12.5. The lowest BCUT2D eigenvalue weighted by Crippen LogP contribution is -2.24. The summed E-state index contributed by atoms with van der Waals surface area (Å²) in [4.78, 5) is 29.1. The second-order valence-corrected chi connectivity index (χ2v) is 6.64. The number of carbonyl (C=O) groups is 2. The van der Waals surface area contributed by atoms with Gasteiger partial charge in [0.25, 0.3) is 0 Å². The molecule has 1 aromatic heterocycles. The van der Waals surface area contributed by atoms with Gasteiger partial charge in [-0.2, -0.15) is 0 Å². The van der Waals surface area contributed by atoms with Gasteiger partial charge in [-0.15, -0.1) is 0 Å². The summed E-state index contributed by atoms with van der Waals surface area (Å²) in [5.74, 6) is 0.580. The quantitative estimate of drug-likeness (QED) is 0.612. The molecule has 8 heteroatoms. The van der Waals surface area contributed by atoms with Crippen LogP contribution < -0.4 is 14.8 Å². The summed E-state index contributed by atoms with van der Waals surface area (Å²) in [6.07, 6.45) is 5.24. The Morgan fingerprint density at radius 1 is 1.33 bits per heavy atom. The highest BCUT2D eigenvalue weighted by Crippen LogP contribution is 2.32. The number of aromatic nitrogens is 1. The predicted octanol–water partition coefficient (Wildman–Crippen LogP) is 3.21. The zero-order valence-electron chi connectivity index (χ0n) is 17.6. The molecule has 0 atom stereocenters. The van der Waals surface area contributed by atoms with Crippen LogP contribution in [-0.2, 0) is 16.1 Å². The second-order valence-electron chi connectivity index (χ2n) is 6.64. The van der Waals surface area contributed by atoms with E-state index in [1.54, 1.807) is 25.1 Å². The van der Waals surface area contributed by atoms with Gasteiger partial charge in [-0.1, -0.05) is 19.1 Å². The van der Waals surface area contributed by atoms with Crippen molar-refractivity contribution in [3.8, 4) is 17.2 Å². The molecule has 0 radical (unpaired) electrons. The van der Waals surface area contributed by atoms with Crippen molar-refractivity contribution in [2.24, 2.45) is 0 Å². The highest BCUT2D eigenvalue weighted by atomic mass is 16.5. The number of benzene rings is 1. The molecular weight excluding hydrogens is 386 g/mol. The maximum Gasteiger partial charge on any atom is 0.246 e. The predicted molar refractivity (Wildman–Crippen MR) is 114 cm³/mol. The standard InChI is InChI=1S/C22H27N3O5/c1-5-11-30-21-17(7-6-8-19(21)29-4)14-25(3)20(28)10-9-16-12-18(27)22(23-13-16)24-15(2)26/h6-10,12-13,27H,5,11,14H2,1-4H3,(H,23,24,26). The van der Waals surface area contributed by atoms with E-state index in [2.05, 4.69) is 10.3 Å². The zero-order chi connectivity index (χ0) is 22.1. The summed E-state index contributed by atoms with van der Waals surface area (Å²) in [6.45, 7) is 4.23. The third-order valence-electron chi connectivity index (χ3n) is 4.12. The van der Waals surface area contributed by atoms with Gasteiger partial charge < -0.3 is 24.8 Å². The van der Waals surface area contributed by atoms with E-state index < -0.39 is 0 Å². The van der Waals surface area contributed by atoms with Crippen LogP contribution in [0.1, 0.15) is 31.4 Å². The molecule has 1 aromatic carbocycles. The lowest BCUT2D eigenvalue weighted by molar-refractivity contribution is -0.125. The van der Waals surface area contributed by atoms with Crippen LogP contribution in [0.25, 0.3) is 6.08 Å². The summed E-state index contributed by atoms with van der Waals surface area (Å²) < 4.78 is 11.2. The molecule has 8 nitrogen and oxygen atoms in total. The Morgan fingerprint density at radius 2 is 2.10 bits per heavy atom. The van der Waals surface area contributed by atoms with Crippen LogP contribution in [0.15, 0.2) is 36.5 Å². The lowest BCUT2D eigenvalue weighted by Gasteiger charge is -2.19. The van der Waals surface area contributed by atoms with Crippen LogP contribution in [0.2, 0.25) is 0 Å². The molecule has 0 bridgehead atoms. The Bertz CT molecular complexity index is 927. The van der Waals surface area contributed by atoms with Crippen molar-refractivity contribution in [1.82, 2.24) is 9.88 Å². The Balaban J connectivity index is 2.10. The first-order valence-electron chi connectivity index (χ1n) is 9.54. The van der Waals surface area contributed by atoms with E-state index in [-0.39, 0.29) is 23.4 Å². The molecule has 160 valence electrons. The van der Waals surface area contributed by atoms with Gasteiger partial charge in [0.05, 0.1) is 13.7 Å². The third kappa shape index (κ3) is 6.23. The molecule has 0 saturated heterocycles. The van der Waals surface area contributed by atoms with Gasteiger partial charge in [0.2, 0.25) is 11.8 Å². The fourth-order valence-corrected chi connectivity index (χ4v) is 2.67. The molecule has 0 fully saturated rings. The molecule has 0 aliphatic heterocycles. The minimum atomic E-state index is -0.335. The van der Waals surface area contributed by atoms with E-state index in [0.29, 0.717) is 30.2 Å². The van der Waals surface area contributed by atoms with Crippen molar-refractivity contribution >= 4 is 23.7 Å². The number of rotatable bonds is 9. The molecule has 2 amide bonds. The number of carbonyl (C=O) groups excluding carboxylic acids is 2. The number of ether oxygens (including phenoxy) is 2. The average molecular weight is 413 g/mol. The topological polar surface area (TPSA) is 101 Å². The van der Waals surface area contributed by atoms with Gasteiger partial charge in [-0.05, 0) is 30.2 Å². The number of para-hydroxylation sites is 1. The Morgan fingerprint density at radius 3 is 2.73 bits per heavy atom. The van der Waals surface area contributed by atoms with E-state index >= 15 is 0 Å². The van der Waals surface area contributed by atoms with E-state index in [0.717, 1.165) is 12.0 Å². The summed E-state index contributed by atoms with van der Waals surface area (Å²) in [5.41, 5.74) is 1.36. The van der Waals surface area contributed by atoms with E-state index in [1.807, 2.05) is 25.1 Å². The van der Waals surface area contributed by atoms with Crippen LogP contribution in [0, 0.1) is 0 Å². The first kappa shape index (κ1) is 22.7. The zero-order valence-corrected chi connectivity index (χ0v) is 17.6. The first-order valence-corrected chi connectivity index (χ1v) is 9.54. The number of nitrogens with one attached hydrogen (secondary N) is 1. The second kappa shape index (κ2) is 10.8. The molecule has 1 heterocycles. The molecule has 0 saturated carbocycles. The Kier molecular flexibility index (Phi) is 8.22. The Hall–Kier alpha value is -3.55. The molecule has 2 aromatic rings. The molecule has 30 heavy (non-hydrogen) atoms. The van der Waals surface area contributed by atoms with Crippen molar-refractivity contribution in [1.29, 1.82) is 0 Å². The molecule has 2 rings (SSSR count). The number of pyridine rings is 1. The number of anilines is 1. The van der Waals surface area contributed by atoms with Crippen LogP contribution in [-0.4, -0.2) is 47.6 Å². The molecule has 0 aliphatic rings. The van der Waals surface area contributed by atoms with E-state index in [4.69, 9.17) is 9.47 Å². The van der Waals surface area contributed by atoms with E-state index in [1.165, 1.54) is 25.3 Å². The highest BCUT2D eigenvalue weighted by Gasteiger charge is 2.14. The number of nitrogens with zero attached hydrogens (tertiary/aromatic N) is 2. The summed E-state index contributed by atoms with van der Waals surface area (Å²) in [5, 5.41) is 12.3. The smallest absolute Gasteiger partial charge is 0.246 e. The third-order valence-corrected chi connectivity index (χ3v) is 4.12. The van der Waals surface area contributed by atoms with Gasteiger partial charge in [-0.3, -0.25) is 9.59 Å². The molecule has 0 aliphatic carbocycles. The molecule has 0 unspecified atom stereocenters. The van der Waals surface area contributed by atoms with Crippen molar-refractivity contribution in [2.45, 2.75) is 26.8 Å². The summed E-state index contributed by atoms with van der Waals surface area (Å²) in [7, 11) is 3.27. The van der Waals surface area contributed by atoms with Gasteiger partial charge in [0.1, 0.15) is 0 Å². The van der Waals surface area contributed by atoms with Crippen LogP contribution in [0.3, 0.4) is 0 Å². The minimum absolute atomic E-state index is 0.0701. The minimum Gasteiger partial charge on any atom is -0.504 e. The number of hydrogen-bond donors (Lipinski definition) is 2. The fraction of sp³-hybridized carbons (Fsp3) is 0.318. The Labute approximate surface area is 176 Å². The monoisotopic (exact) mass is 413 g/mol. The van der Waals surface area contributed by atoms with Gasteiger partial charge in [0, 0.05) is 38.4 Å². The van der Waals surface area contributed by atoms with Crippen LogP contribution in [0.4, 0.5) is 5.82 Å². The molecular formula is C22H27N3O5. The summed E-state index contributed by atoms with van der Waals surface area (Å²) in [6, 6.07) is 6.98. The normalized spacial score (nSPS) is 10.7. The maximum absolute atomic E-state index is 12.5. The van der Waals surface area contributed by atoms with Gasteiger partial charge in [-0.25, -0.2) is 4.98 Å². The van der Waals surface area contributed by atoms with Crippen molar-refractivity contribution in [3.05, 3.63) is 47.7 Å². The fourth-order valence-electron chi connectivity index (χ4n) is 2.67. The highest BCUT2D eigenvalue weighted by molar-refractivity contribution is 5.92. The van der Waals surface area contributed by atoms with Crippen LogP contribution in [0.5, 0.6) is 17.2 Å². The van der Waals surface area contributed by atoms with Crippen molar-refractivity contribution in [2.75, 3.05) is 26.1 Å². The van der Waals surface area contributed by atoms with Crippen molar-refractivity contribution < 1.29 is 24.2 Å². The molecule has 0 spiro atoms. The number of methoxy groups -OCH3 is 1. The largest absolute Gasteiger partial charge is 0.504 e. The number of amides is 2. The van der Waals surface area contributed by atoms with Gasteiger partial charge in [0.15, 0.2) is 23.1 Å². The van der Waals surface area contributed by atoms with Crippen LogP contribution >= 0.6 is 0 Å². The van der Waals surface area contributed by atoms with Gasteiger partial charge >= 0.3 is 0 Å². The summed E-state index contributed by atoms with van der Waals surface area (Å²) >= 11 is 0. The molecule has 2 N–H and O–H groups in total. The number of aromatic hydroxyl groups is 1. The van der Waals surface area contributed by atoms with E-state index in [9.17, 15) is 14.7 Å². The van der Waals surface area contributed by atoms with Crippen molar-refractivity contribution in [3.63, 3.8) is 0 Å². The SMILES string of the molecule is CCCOc1c(CN(C)C(=O)C=Cc2cnc(NC(C)=O)c(O)c2)cccc1OC.